The minimum Gasteiger partial charge on any atom is -0.324 e. The molecule has 0 unspecified atom stereocenters. The lowest BCUT2D eigenvalue weighted by atomic mass is 10.2. The molecule has 0 bridgehead atoms. The van der Waals surface area contributed by atoms with Crippen LogP contribution in [-0.2, 0) is 0 Å². The average Bonchev–Trinajstić information content (AvgIpc) is 3.11. The number of nitrogens with one attached hydrogen (secondary N) is 2. The first-order valence-electron chi connectivity index (χ1n) is 7.28. The molecule has 25 heavy (non-hydrogen) atoms. The topological polar surface area (TPSA) is 89.2 Å². The van der Waals surface area contributed by atoms with Crippen molar-refractivity contribution in [1.82, 2.24) is 4.57 Å². The molecule has 3 rings (SSSR count). The maximum absolute atomic E-state index is 12.0. The van der Waals surface area contributed by atoms with Crippen molar-refractivity contribution in [2.75, 3.05) is 10.6 Å². The SMILES string of the molecule is O=C(Nc1ccc(-n2cccc2)cc1)Nc1ccc(Cl)c([N+](=O)[O-])c1. The van der Waals surface area contributed by atoms with Gasteiger partial charge < -0.3 is 15.2 Å². The highest BCUT2D eigenvalue weighted by Gasteiger charge is 2.14. The van der Waals surface area contributed by atoms with Crippen molar-refractivity contribution in [1.29, 1.82) is 0 Å². The van der Waals surface area contributed by atoms with Gasteiger partial charge in [0, 0.05) is 35.5 Å². The van der Waals surface area contributed by atoms with Gasteiger partial charge in [-0.1, -0.05) is 11.6 Å². The summed E-state index contributed by atoms with van der Waals surface area (Å²) in [5.74, 6) is 0. The number of carbonyl (C=O) groups is 1. The fraction of sp³-hybridized carbons (Fsp3) is 0. The zero-order chi connectivity index (χ0) is 17.8. The van der Waals surface area contributed by atoms with Crippen molar-refractivity contribution in [2.24, 2.45) is 0 Å². The molecule has 0 saturated carbocycles. The number of nitro benzene ring substituents is 1. The van der Waals surface area contributed by atoms with Gasteiger partial charge in [0.2, 0.25) is 0 Å². The molecule has 7 nitrogen and oxygen atoms in total. The van der Waals surface area contributed by atoms with Gasteiger partial charge in [-0.2, -0.15) is 0 Å². The van der Waals surface area contributed by atoms with Gasteiger partial charge in [-0.05, 0) is 48.5 Å². The van der Waals surface area contributed by atoms with Gasteiger partial charge in [0.05, 0.1) is 4.92 Å². The first-order valence-corrected chi connectivity index (χ1v) is 7.66. The number of amides is 2. The molecule has 1 heterocycles. The number of aromatic nitrogens is 1. The van der Waals surface area contributed by atoms with Crippen LogP contribution in [0, 0.1) is 10.1 Å². The Balaban J connectivity index is 1.66. The lowest BCUT2D eigenvalue weighted by molar-refractivity contribution is -0.384. The molecule has 0 aliphatic rings. The molecule has 2 aromatic carbocycles. The van der Waals surface area contributed by atoms with Gasteiger partial charge in [0.1, 0.15) is 5.02 Å². The third-order valence-corrected chi connectivity index (χ3v) is 3.75. The highest BCUT2D eigenvalue weighted by molar-refractivity contribution is 6.32. The number of nitro groups is 1. The van der Waals surface area contributed by atoms with Crippen molar-refractivity contribution < 1.29 is 9.72 Å². The largest absolute Gasteiger partial charge is 0.324 e. The Bertz CT molecular complexity index is 908. The Morgan fingerprint density at radius 3 is 2.24 bits per heavy atom. The molecule has 1 aromatic heterocycles. The summed E-state index contributed by atoms with van der Waals surface area (Å²) in [6.07, 6.45) is 3.84. The quantitative estimate of drug-likeness (QED) is 0.525. The maximum Gasteiger partial charge on any atom is 0.323 e. The lowest BCUT2D eigenvalue weighted by Gasteiger charge is -2.09. The number of carbonyl (C=O) groups excluding carboxylic acids is 1. The third-order valence-electron chi connectivity index (χ3n) is 3.43. The predicted molar refractivity (Wildman–Crippen MR) is 96.5 cm³/mol. The van der Waals surface area contributed by atoms with Gasteiger partial charge in [-0.25, -0.2) is 4.79 Å². The smallest absolute Gasteiger partial charge is 0.323 e. The molecule has 0 atom stereocenters. The van der Waals surface area contributed by atoms with E-state index in [1.165, 1.54) is 18.2 Å². The summed E-state index contributed by atoms with van der Waals surface area (Å²) in [6.45, 7) is 0. The number of nitrogens with zero attached hydrogens (tertiary/aromatic N) is 2. The molecule has 0 fully saturated rings. The van der Waals surface area contributed by atoms with Crippen molar-refractivity contribution in [3.63, 3.8) is 0 Å². The second kappa shape index (κ2) is 7.06. The number of benzene rings is 2. The molecule has 0 aliphatic heterocycles. The second-order valence-electron chi connectivity index (χ2n) is 5.14. The molecular weight excluding hydrogens is 344 g/mol. The minimum atomic E-state index is -0.606. The zero-order valence-corrected chi connectivity index (χ0v) is 13.6. The van der Waals surface area contributed by atoms with Crippen LogP contribution in [0.15, 0.2) is 67.0 Å². The predicted octanol–water partition coefficient (Wildman–Crippen LogP) is 4.68. The van der Waals surface area contributed by atoms with Crippen LogP contribution in [0.4, 0.5) is 21.9 Å². The minimum absolute atomic E-state index is 0.0107. The van der Waals surface area contributed by atoms with E-state index in [0.29, 0.717) is 5.69 Å². The van der Waals surface area contributed by atoms with E-state index in [-0.39, 0.29) is 16.4 Å². The maximum atomic E-state index is 12.0. The van der Waals surface area contributed by atoms with Crippen LogP contribution >= 0.6 is 11.6 Å². The summed E-state index contributed by atoms with van der Waals surface area (Å²) >= 11 is 5.74. The van der Waals surface area contributed by atoms with E-state index in [1.807, 2.05) is 41.2 Å². The molecule has 0 aliphatic carbocycles. The zero-order valence-electron chi connectivity index (χ0n) is 12.8. The molecule has 126 valence electrons. The van der Waals surface area contributed by atoms with Crippen LogP contribution in [0.3, 0.4) is 0 Å². The van der Waals surface area contributed by atoms with Crippen LogP contribution in [-0.4, -0.2) is 15.5 Å². The first-order chi connectivity index (χ1) is 12.0. The molecular formula is C17H13ClN4O3. The fourth-order valence-electron chi connectivity index (χ4n) is 2.25. The number of rotatable bonds is 4. The van der Waals surface area contributed by atoms with Gasteiger partial charge in [0.15, 0.2) is 0 Å². The number of hydrogen-bond acceptors (Lipinski definition) is 3. The normalized spacial score (nSPS) is 10.3. The lowest BCUT2D eigenvalue weighted by Crippen LogP contribution is -2.19. The first kappa shape index (κ1) is 16.5. The van der Waals surface area contributed by atoms with Gasteiger partial charge >= 0.3 is 6.03 Å². The molecule has 2 N–H and O–H groups in total. The Hall–Kier alpha value is -3.32. The molecule has 8 heteroatoms. The highest BCUT2D eigenvalue weighted by Crippen LogP contribution is 2.27. The van der Waals surface area contributed by atoms with Crippen LogP contribution in [0.1, 0.15) is 0 Å². The van der Waals surface area contributed by atoms with E-state index in [4.69, 9.17) is 11.6 Å². The Morgan fingerprint density at radius 2 is 1.60 bits per heavy atom. The van der Waals surface area contributed by atoms with Crippen LogP contribution in [0.25, 0.3) is 5.69 Å². The monoisotopic (exact) mass is 356 g/mol. The molecule has 0 spiro atoms. The van der Waals surface area contributed by atoms with Crippen molar-refractivity contribution in [3.05, 3.63) is 82.1 Å². The van der Waals surface area contributed by atoms with Gasteiger partial charge in [0.25, 0.3) is 5.69 Å². The van der Waals surface area contributed by atoms with Crippen molar-refractivity contribution in [2.45, 2.75) is 0 Å². The highest BCUT2D eigenvalue weighted by atomic mass is 35.5. The van der Waals surface area contributed by atoms with E-state index in [1.54, 1.807) is 12.1 Å². The summed E-state index contributed by atoms with van der Waals surface area (Å²) in [5.41, 5.74) is 1.56. The molecule has 0 radical (unpaired) electrons. The summed E-state index contributed by atoms with van der Waals surface area (Å²) in [4.78, 5) is 22.3. The van der Waals surface area contributed by atoms with Crippen LogP contribution in [0.5, 0.6) is 0 Å². The Kier molecular flexibility index (Phi) is 4.67. The Morgan fingerprint density at radius 1 is 1.00 bits per heavy atom. The summed E-state index contributed by atoms with van der Waals surface area (Å²) in [5, 5.41) is 16.1. The number of anilines is 2. The van der Waals surface area contributed by atoms with Gasteiger partial charge in [-0.3, -0.25) is 10.1 Å². The van der Waals surface area contributed by atoms with E-state index < -0.39 is 11.0 Å². The molecule has 3 aromatic rings. The molecule has 2 amide bonds. The Labute approximate surface area is 148 Å². The molecule has 0 saturated heterocycles. The number of urea groups is 1. The van der Waals surface area contributed by atoms with E-state index in [9.17, 15) is 14.9 Å². The van der Waals surface area contributed by atoms with E-state index >= 15 is 0 Å². The van der Waals surface area contributed by atoms with Crippen LogP contribution in [0.2, 0.25) is 5.02 Å². The van der Waals surface area contributed by atoms with E-state index in [0.717, 1.165) is 5.69 Å². The summed E-state index contributed by atoms with van der Waals surface area (Å²) in [7, 11) is 0. The second-order valence-corrected chi connectivity index (χ2v) is 5.55. The van der Waals surface area contributed by atoms with Crippen LogP contribution < -0.4 is 10.6 Å². The summed E-state index contributed by atoms with van der Waals surface area (Å²) < 4.78 is 1.94. The summed E-state index contributed by atoms with van der Waals surface area (Å²) in [6, 6.07) is 14.6. The average molecular weight is 357 g/mol. The van der Waals surface area contributed by atoms with Crippen molar-refractivity contribution >= 4 is 34.7 Å². The van der Waals surface area contributed by atoms with Crippen molar-refractivity contribution in [3.8, 4) is 5.69 Å². The fourth-order valence-corrected chi connectivity index (χ4v) is 2.43. The third kappa shape index (κ3) is 3.96. The number of halogens is 1. The number of hydrogen-bond donors (Lipinski definition) is 2. The standard InChI is InChI=1S/C17H13ClN4O3/c18-15-8-5-13(11-16(15)22(24)25)20-17(23)19-12-3-6-14(7-4-12)21-9-1-2-10-21/h1-11H,(H2,19,20,23). The van der Waals surface area contributed by atoms with Gasteiger partial charge in [-0.15, -0.1) is 0 Å². The van der Waals surface area contributed by atoms with E-state index in [2.05, 4.69) is 10.6 Å².